The number of ether oxygens (including phenoxy) is 12. The summed E-state index contributed by atoms with van der Waals surface area (Å²) < 4.78 is 74.7. The molecule has 8 aliphatic rings. The van der Waals surface area contributed by atoms with Crippen LogP contribution in [-0.2, 0) is 56.8 Å². The second-order valence-corrected chi connectivity index (χ2v) is 13.0. The summed E-state index contributed by atoms with van der Waals surface area (Å²) in [5.41, 5.74) is -2.05. The van der Waals surface area contributed by atoms with Crippen LogP contribution in [0.4, 0.5) is 0 Å². The normalized spacial score (nSPS) is 59.2. The molecule has 16 unspecified atom stereocenters. The van der Waals surface area contributed by atoms with Gasteiger partial charge in [0, 0.05) is 0 Å². The summed E-state index contributed by atoms with van der Waals surface area (Å²) in [7, 11) is 0. The van der Waals surface area contributed by atoms with Crippen LogP contribution >= 0.6 is 46.4 Å². The van der Waals surface area contributed by atoms with E-state index in [2.05, 4.69) is 0 Å². The minimum Gasteiger partial charge on any atom is -0.363 e. The van der Waals surface area contributed by atoms with E-state index in [9.17, 15) is 0 Å². The fourth-order valence-corrected chi connectivity index (χ4v) is 7.92. The van der Waals surface area contributed by atoms with Gasteiger partial charge in [-0.15, -0.1) is 46.4 Å². The van der Waals surface area contributed by atoms with Gasteiger partial charge in [-0.3, -0.25) is 0 Å². The fourth-order valence-electron chi connectivity index (χ4n) is 7.28. The second kappa shape index (κ2) is 10.6. The molecule has 8 fully saturated rings. The predicted molar refractivity (Wildman–Crippen MR) is 138 cm³/mol. The average molecular weight is 666 g/mol. The van der Waals surface area contributed by atoms with E-state index in [1.54, 1.807) is 0 Å². The van der Waals surface area contributed by atoms with Crippen LogP contribution in [0, 0.1) is 5.41 Å². The van der Waals surface area contributed by atoms with E-state index >= 15 is 0 Å². The van der Waals surface area contributed by atoms with Crippen molar-refractivity contribution in [3.8, 4) is 0 Å². The zero-order valence-electron chi connectivity index (χ0n) is 22.1. The Balaban J connectivity index is 1.15. The summed E-state index contributed by atoms with van der Waals surface area (Å²) in [6.45, 7) is 3.39. The first-order valence-electron chi connectivity index (χ1n) is 13.9. The molecule has 2 spiro atoms. The zero-order valence-corrected chi connectivity index (χ0v) is 25.1. The van der Waals surface area contributed by atoms with Crippen molar-refractivity contribution in [1.82, 2.24) is 0 Å². The van der Waals surface area contributed by atoms with E-state index in [1.165, 1.54) is 0 Å². The second-order valence-electron chi connectivity index (χ2n) is 11.8. The number of epoxide rings is 3. The molecule has 16 heteroatoms. The average Bonchev–Trinajstić information content (AvgIpc) is 3.82. The Kier molecular flexibility index (Phi) is 7.54. The maximum atomic E-state index is 6.87. The lowest BCUT2D eigenvalue weighted by Crippen LogP contribution is -2.55. The highest BCUT2D eigenvalue weighted by Gasteiger charge is 2.96. The molecular weight excluding hydrogens is 634 g/mol. The molecule has 0 saturated carbocycles. The maximum absolute atomic E-state index is 6.87. The van der Waals surface area contributed by atoms with Gasteiger partial charge in [0.15, 0.2) is 31.3 Å². The lowest BCUT2D eigenvalue weighted by molar-refractivity contribution is -0.178. The zero-order chi connectivity index (χ0) is 28.1. The Morgan fingerprint density at radius 3 is 1.41 bits per heavy atom. The molecule has 8 saturated heterocycles. The summed E-state index contributed by atoms with van der Waals surface area (Å²) in [5.74, 6) is -0.0878. The number of hydrogen-bond donors (Lipinski definition) is 0. The largest absolute Gasteiger partial charge is 0.363 e. The Hall–Kier alpha value is 0.680. The van der Waals surface area contributed by atoms with Crippen molar-refractivity contribution in [3.05, 3.63) is 0 Å². The summed E-state index contributed by atoms with van der Waals surface area (Å²) in [5, 5.41) is 0. The standard InChI is InChI=1S/C25H32Cl4O12/c1-23(15-14(38-15)19-30-6-10(2-26)34-19)24(16(39-24)20-31-7-11(3-27)35-20)17(21-32-8-12(4-28)36-21)40-25(23)18(41-25)22-33-9-13(5-29)37-22/h10-22H,2-9H2,1H3. The molecular formula is C25H32Cl4O12. The van der Waals surface area contributed by atoms with Crippen molar-refractivity contribution < 1.29 is 56.8 Å². The molecule has 0 aliphatic carbocycles. The van der Waals surface area contributed by atoms with Crippen LogP contribution in [0.25, 0.3) is 0 Å². The third-order valence-corrected chi connectivity index (χ3v) is 10.8. The van der Waals surface area contributed by atoms with Crippen LogP contribution in [0.15, 0.2) is 0 Å². The quantitative estimate of drug-likeness (QED) is 0.261. The van der Waals surface area contributed by atoms with Crippen LogP contribution in [0.1, 0.15) is 6.92 Å². The van der Waals surface area contributed by atoms with Gasteiger partial charge in [-0.25, -0.2) is 0 Å². The minimum atomic E-state index is -1.25. The maximum Gasteiger partial charge on any atom is 0.212 e. The predicted octanol–water partition coefficient (Wildman–Crippen LogP) is 1.31. The SMILES string of the molecule is CC1(C2OC2C2OCC(CCl)O2)C2(OC2C2OCC(CCl)O2)OC(C2OCC(CCl)O2)C12OC2C1OCC(CCl)O1. The lowest BCUT2D eigenvalue weighted by Gasteiger charge is -2.33. The van der Waals surface area contributed by atoms with Crippen molar-refractivity contribution in [2.45, 2.75) is 98.4 Å². The number of hydrogen-bond acceptors (Lipinski definition) is 12. The number of rotatable bonds is 9. The smallest absolute Gasteiger partial charge is 0.212 e. The molecule has 0 amide bonds. The third kappa shape index (κ3) is 4.25. The van der Waals surface area contributed by atoms with Gasteiger partial charge in [-0.1, -0.05) is 0 Å². The van der Waals surface area contributed by atoms with Gasteiger partial charge < -0.3 is 56.8 Å². The molecule has 0 aromatic carbocycles. The first-order valence-corrected chi connectivity index (χ1v) is 16.1. The van der Waals surface area contributed by atoms with Gasteiger partial charge in [0.05, 0.1) is 79.8 Å². The van der Waals surface area contributed by atoms with Crippen molar-refractivity contribution in [2.75, 3.05) is 49.9 Å². The Morgan fingerprint density at radius 1 is 0.512 bits per heavy atom. The molecule has 0 N–H and O–H groups in total. The fraction of sp³-hybridized carbons (Fsp3) is 1.00. The van der Waals surface area contributed by atoms with Crippen molar-refractivity contribution >= 4 is 46.4 Å². The molecule has 8 heterocycles. The summed E-state index contributed by atoms with van der Waals surface area (Å²) in [4.78, 5) is 0. The van der Waals surface area contributed by atoms with Gasteiger partial charge >= 0.3 is 0 Å². The first-order chi connectivity index (χ1) is 19.9. The molecule has 0 aromatic heterocycles. The Morgan fingerprint density at radius 2 is 0.927 bits per heavy atom. The molecule has 41 heavy (non-hydrogen) atoms. The van der Waals surface area contributed by atoms with Gasteiger partial charge in [0.1, 0.15) is 30.0 Å². The van der Waals surface area contributed by atoms with E-state index in [0.717, 1.165) is 0 Å². The van der Waals surface area contributed by atoms with Crippen LogP contribution in [0.2, 0.25) is 0 Å². The highest BCUT2D eigenvalue weighted by Crippen LogP contribution is 2.77. The van der Waals surface area contributed by atoms with Gasteiger partial charge in [0.25, 0.3) is 0 Å². The summed E-state index contributed by atoms with van der Waals surface area (Å²) >= 11 is 24.3. The molecule has 8 aliphatic heterocycles. The van der Waals surface area contributed by atoms with Crippen LogP contribution in [-0.4, -0.2) is 141 Å². The summed E-state index contributed by atoms with van der Waals surface area (Å²) in [6, 6.07) is 0. The topological polar surface area (TPSA) is 121 Å². The van der Waals surface area contributed by atoms with Gasteiger partial charge in [-0.2, -0.15) is 0 Å². The number of alkyl halides is 4. The van der Waals surface area contributed by atoms with Gasteiger partial charge in [-0.05, 0) is 6.92 Å². The van der Waals surface area contributed by atoms with E-state index in [4.69, 9.17) is 103 Å². The van der Waals surface area contributed by atoms with Crippen molar-refractivity contribution in [1.29, 1.82) is 0 Å². The van der Waals surface area contributed by atoms with Crippen molar-refractivity contribution in [2.24, 2.45) is 5.41 Å². The monoisotopic (exact) mass is 664 g/mol. The molecule has 232 valence electrons. The van der Waals surface area contributed by atoms with Crippen LogP contribution in [0.3, 0.4) is 0 Å². The first kappa shape index (κ1) is 29.1. The van der Waals surface area contributed by atoms with Crippen LogP contribution < -0.4 is 0 Å². The minimum absolute atomic E-state index is 0.224. The highest BCUT2D eigenvalue weighted by molar-refractivity contribution is 6.18. The molecule has 0 aromatic rings. The molecule has 12 nitrogen and oxygen atoms in total. The summed E-state index contributed by atoms with van der Waals surface area (Å²) in [6.07, 6.45) is -6.69. The van der Waals surface area contributed by atoms with E-state index in [0.29, 0.717) is 44.1 Å². The highest BCUT2D eigenvalue weighted by atomic mass is 35.5. The lowest BCUT2D eigenvalue weighted by atomic mass is 9.66. The molecule has 0 bridgehead atoms. The van der Waals surface area contributed by atoms with Crippen molar-refractivity contribution in [3.63, 3.8) is 0 Å². The van der Waals surface area contributed by atoms with E-state index in [-0.39, 0.29) is 30.3 Å². The third-order valence-electron chi connectivity index (χ3n) is 9.45. The number of halogens is 4. The van der Waals surface area contributed by atoms with Gasteiger partial charge in [0.2, 0.25) is 5.79 Å². The Labute approximate surface area is 256 Å². The van der Waals surface area contributed by atoms with E-state index < -0.39 is 72.5 Å². The van der Waals surface area contributed by atoms with Crippen LogP contribution in [0.5, 0.6) is 0 Å². The molecule has 8 rings (SSSR count). The molecule has 0 radical (unpaired) electrons. The Bertz CT molecular complexity index is 1020. The molecule has 16 atom stereocenters. The van der Waals surface area contributed by atoms with E-state index in [1.807, 2.05) is 6.92 Å².